The lowest BCUT2D eigenvalue weighted by Gasteiger charge is -2.29. The number of aliphatic hydroxyl groups is 3. The first kappa shape index (κ1) is 20.4. The minimum Gasteiger partial charge on any atom is -0.393 e. The number of aliphatic hydroxyl groups excluding tert-OH is 3. The monoisotopic (exact) mass is 412 g/mol. The number of nitrogens with zero attached hydrogens (tertiary/aromatic N) is 1. The molecule has 0 radical (unpaired) electrons. The number of aryl methyl sites for hydroxylation is 1. The smallest absolute Gasteiger partial charge is 0.330 e. The summed E-state index contributed by atoms with van der Waals surface area (Å²) in [7, 11) is -4.01. The number of hydrogen-bond acceptors (Lipinski definition) is 8. The van der Waals surface area contributed by atoms with Gasteiger partial charge in [-0.3, -0.25) is 14.3 Å². The molecule has 3 rings (SSSR count). The van der Waals surface area contributed by atoms with Crippen molar-refractivity contribution in [3.63, 3.8) is 0 Å². The Balaban J connectivity index is 1.97. The van der Waals surface area contributed by atoms with Gasteiger partial charge >= 0.3 is 5.69 Å². The third kappa shape index (κ3) is 3.54. The van der Waals surface area contributed by atoms with E-state index < -0.39 is 57.5 Å². The molecular formula is C17H20N2O8S. The largest absolute Gasteiger partial charge is 0.393 e. The van der Waals surface area contributed by atoms with Crippen molar-refractivity contribution >= 4 is 9.84 Å². The zero-order chi connectivity index (χ0) is 20.7. The number of benzene rings is 1. The van der Waals surface area contributed by atoms with Crippen LogP contribution in [0.4, 0.5) is 0 Å². The van der Waals surface area contributed by atoms with Crippen LogP contribution in [0.1, 0.15) is 11.8 Å². The summed E-state index contributed by atoms with van der Waals surface area (Å²) in [5, 5.41) is 30.6. The Labute approximate surface area is 159 Å². The number of H-pyrrole nitrogens is 1. The normalized spacial score (nSPS) is 27.8. The van der Waals surface area contributed by atoms with Crippen LogP contribution in [0, 0.1) is 6.92 Å². The Hall–Kier alpha value is -2.31. The zero-order valence-corrected chi connectivity index (χ0v) is 15.7. The van der Waals surface area contributed by atoms with E-state index >= 15 is 0 Å². The fraction of sp³-hybridized carbons (Fsp3) is 0.412. The first-order valence-electron chi connectivity index (χ1n) is 8.35. The average Bonchev–Trinajstić information content (AvgIpc) is 2.87. The molecule has 0 bridgehead atoms. The second-order valence-corrected chi connectivity index (χ2v) is 8.75. The molecule has 4 N–H and O–H groups in total. The summed E-state index contributed by atoms with van der Waals surface area (Å²) in [5.41, 5.74) is -2.81. The van der Waals surface area contributed by atoms with Crippen LogP contribution < -0.4 is 11.2 Å². The van der Waals surface area contributed by atoms with E-state index in [-0.39, 0.29) is 4.90 Å². The van der Waals surface area contributed by atoms with Gasteiger partial charge in [0.1, 0.15) is 17.8 Å². The first-order chi connectivity index (χ1) is 13.1. The third-order valence-electron chi connectivity index (χ3n) is 4.72. The van der Waals surface area contributed by atoms with Crippen LogP contribution in [0.25, 0.3) is 0 Å². The van der Waals surface area contributed by atoms with Crippen LogP contribution in [0.3, 0.4) is 0 Å². The molecule has 0 aliphatic carbocycles. The van der Waals surface area contributed by atoms with Gasteiger partial charge in [0.05, 0.1) is 17.3 Å². The van der Waals surface area contributed by atoms with Crippen molar-refractivity contribution < 1.29 is 28.5 Å². The first-order valence-corrected chi connectivity index (χ1v) is 10.0. The summed E-state index contributed by atoms with van der Waals surface area (Å²) in [6.07, 6.45) is -3.98. The minimum atomic E-state index is -4.01. The van der Waals surface area contributed by atoms with Gasteiger partial charge in [-0.25, -0.2) is 13.2 Å². The molecule has 4 atom stereocenters. The maximum absolute atomic E-state index is 12.8. The predicted octanol–water partition coefficient (Wildman–Crippen LogP) is -1.70. The fourth-order valence-corrected chi connectivity index (χ4v) is 4.83. The predicted molar refractivity (Wildman–Crippen MR) is 96.5 cm³/mol. The quantitative estimate of drug-likeness (QED) is 0.452. The molecule has 0 spiro atoms. The number of aromatic nitrogens is 2. The van der Waals surface area contributed by atoms with Crippen molar-refractivity contribution in [2.24, 2.45) is 0 Å². The van der Waals surface area contributed by atoms with Gasteiger partial charge < -0.3 is 20.1 Å². The summed E-state index contributed by atoms with van der Waals surface area (Å²) in [5.74, 6) is -0.827. The zero-order valence-electron chi connectivity index (χ0n) is 14.8. The number of nitrogens with one attached hydrogen (secondary N) is 1. The molecule has 1 aromatic carbocycles. The van der Waals surface area contributed by atoms with E-state index in [1.807, 2.05) is 4.98 Å². The van der Waals surface area contributed by atoms with Gasteiger partial charge in [0.25, 0.3) is 5.56 Å². The molecule has 28 heavy (non-hydrogen) atoms. The number of rotatable bonds is 5. The molecule has 2 unspecified atom stereocenters. The Bertz CT molecular complexity index is 1080. The van der Waals surface area contributed by atoms with Crippen LogP contribution in [0.2, 0.25) is 0 Å². The lowest BCUT2D eigenvalue weighted by atomic mass is 9.98. The lowest BCUT2D eigenvalue weighted by Crippen LogP contribution is -2.51. The Morgan fingerprint density at radius 3 is 2.39 bits per heavy atom. The average molecular weight is 412 g/mol. The minimum absolute atomic E-state index is 0.0409. The van der Waals surface area contributed by atoms with E-state index in [4.69, 9.17) is 4.74 Å². The fourth-order valence-electron chi connectivity index (χ4n) is 3.14. The Morgan fingerprint density at radius 2 is 1.82 bits per heavy atom. The highest BCUT2D eigenvalue weighted by Crippen LogP contribution is 2.38. The summed E-state index contributed by atoms with van der Waals surface area (Å²) in [4.78, 5) is 25.1. The van der Waals surface area contributed by atoms with E-state index in [1.165, 1.54) is 12.1 Å². The molecule has 0 amide bonds. The van der Waals surface area contributed by atoms with Crippen molar-refractivity contribution in [1.82, 2.24) is 9.55 Å². The van der Waals surface area contributed by atoms with Crippen molar-refractivity contribution in [3.05, 3.63) is 62.9 Å². The van der Waals surface area contributed by atoms with Crippen LogP contribution in [0.5, 0.6) is 0 Å². The highest BCUT2D eigenvalue weighted by Gasteiger charge is 2.56. The summed E-state index contributed by atoms with van der Waals surface area (Å²) < 4.78 is 31.9. The molecule has 0 saturated carbocycles. The van der Waals surface area contributed by atoms with E-state index in [2.05, 4.69) is 0 Å². The molecule has 11 heteroatoms. The summed E-state index contributed by atoms with van der Waals surface area (Å²) in [6.45, 7) is 0.864. The topological polar surface area (TPSA) is 159 Å². The van der Waals surface area contributed by atoms with Crippen LogP contribution >= 0.6 is 0 Å². The van der Waals surface area contributed by atoms with Gasteiger partial charge in [-0.15, -0.1) is 0 Å². The lowest BCUT2D eigenvalue weighted by molar-refractivity contribution is -0.115. The second-order valence-electron chi connectivity index (χ2n) is 6.76. The van der Waals surface area contributed by atoms with Crippen LogP contribution in [0.15, 0.2) is 51.0 Å². The van der Waals surface area contributed by atoms with Crippen molar-refractivity contribution in [1.29, 1.82) is 0 Å². The molecular weight excluding hydrogens is 392 g/mol. The van der Waals surface area contributed by atoms with Gasteiger partial charge in [-0.05, 0) is 19.1 Å². The maximum atomic E-state index is 12.8. The van der Waals surface area contributed by atoms with Crippen LogP contribution in [-0.2, 0) is 14.6 Å². The molecule has 1 aliphatic heterocycles. The second kappa shape index (κ2) is 7.26. The standard InChI is InChI=1S/C17H20N2O8S/c1-10-2-4-11(5-3-10)28(25,26)9-17(8-20)14(23)13(22)15(27-17)19-7-6-12(21)18-16(19)24/h2-7,13-15,20,22-23H,8-9H2,1H3,(H,18,21,24)/t13?,14?,15-,17+/m0/s1. The van der Waals surface area contributed by atoms with Gasteiger partial charge in [0.15, 0.2) is 16.1 Å². The number of ether oxygens (including phenoxy) is 1. The van der Waals surface area contributed by atoms with E-state index in [0.29, 0.717) is 0 Å². The van der Waals surface area contributed by atoms with Crippen molar-refractivity contribution in [2.75, 3.05) is 12.4 Å². The molecule has 1 aromatic heterocycles. The maximum Gasteiger partial charge on any atom is 0.330 e. The Morgan fingerprint density at radius 1 is 1.18 bits per heavy atom. The van der Waals surface area contributed by atoms with Gasteiger partial charge in [0, 0.05) is 12.3 Å². The van der Waals surface area contributed by atoms with Crippen molar-refractivity contribution in [3.8, 4) is 0 Å². The molecule has 2 heterocycles. The highest BCUT2D eigenvalue weighted by molar-refractivity contribution is 7.91. The SMILES string of the molecule is Cc1ccc(S(=O)(=O)C[C@@]2(CO)O[C@H](n3ccc(=O)[nH]c3=O)C(O)C2O)cc1. The molecule has 2 aromatic rings. The molecule has 10 nitrogen and oxygen atoms in total. The number of aromatic amines is 1. The van der Waals surface area contributed by atoms with Gasteiger partial charge in [-0.2, -0.15) is 0 Å². The van der Waals surface area contributed by atoms with Crippen molar-refractivity contribution in [2.45, 2.75) is 35.9 Å². The van der Waals surface area contributed by atoms with Gasteiger partial charge in [0.2, 0.25) is 0 Å². The molecule has 1 aliphatic rings. The van der Waals surface area contributed by atoms with E-state index in [1.54, 1.807) is 19.1 Å². The van der Waals surface area contributed by atoms with E-state index in [0.717, 1.165) is 22.4 Å². The molecule has 1 saturated heterocycles. The number of hydrogen-bond donors (Lipinski definition) is 4. The third-order valence-corrected chi connectivity index (χ3v) is 6.58. The Kier molecular flexibility index (Phi) is 5.30. The molecule has 152 valence electrons. The summed E-state index contributed by atoms with van der Waals surface area (Å²) >= 11 is 0. The van der Waals surface area contributed by atoms with E-state index in [9.17, 15) is 33.3 Å². The van der Waals surface area contributed by atoms with Crippen LogP contribution in [-0.4, -0.2) is 63.5 Å². The highest BCUT2D eigenvalue weighted by atomic mass is 32.2. The summed E-state index contributed by atoms with van der Waals surface area (Å²) in [6, 6.07) is 6.98. The molecule has 1 fully saturated rings. The number of sulfone groups is 1. The van der Waals surface area contributed by atoms with Gasteiger partial charge in [-0.1, -0.05) is 17.7 Å².